The summed E-state index contributed by atoms with van der Waals surface area (Å²) in [5.74, 6) is -0.260. The molecule has 1 aromatic heterocycles. The van der Waals surface area contributed by atoms with Gasteiger partial charge in [0.2, 0.25) is 5.91 Å². The van der Waals surface area contributed by atoms with Crippen LogP contribution in [0.25, 0.3) is 10.9 Å². The third-order valence-corrected chi connectivity index (χ3v) is 8.34. The minimum atomic E-state index is -1.15. The first-order valence-corrected chi connectivity index (χ1v) is 12.4. The van der Waals surface area contributed by atoms with Crippen molar-refractivity contribution in [3.8, 4) is 0 Å². The summed E-state index contributed by atoms with van der Waals surface area (Å²) in [5.41, 5.74) is 1.92. The summed E-state index contributed by atoms with van der Waals surface area (Å²) in [5, 5.41) is 12.4. The van der Waals surface area contributed by atoms with Crippen molar-refractivity contribution in [3.63, 3.8) is 0 Å². The Hall–Kier alpha value is -3.81. The zero-order valence-electron chi connectivity index (χ0n) is 19.9. The van der Waals surface area contributed by atoms with Gasteiger partial charge in [-0.25, -0.2) is 9.88 Å². The molecule has 4 heterocycles. The van der Waals surface area contributed by atoms with E-state index in [2.05, 4.69) is 9.88 Å². The highest BCUT2D eigenvalue weighted by molar-refractivity contribution is 6.02. The van der Waals surface area contributed by atoms with Crippen molar-refractivity contribution in [1.82, 2.24) is 14.5 Å². The van der Waals surface area contributed by atoms with Gasteiger partial charge in [-0.3, -0.25) is 19.1 Å². The maximum atomic E-state index is 14.1. The lowest BCUT2D eigenvalue weighted by Crippen LogP contribution is -2.52. The number of hydrogen-bond donors (Lipinski definition) is 1. The van der Waals surface area contributed by atoms with Gasteiger partial charge in [-0.15, -0.1) is 0 Å². The Morgan fingerprint density at radius 2 is 1.69 bits per heavy atom. The third-order valence-electron chi connectivity index (χ3n) is 8.34. The van der Waals surface area contributed by atoms with Crippen LogP contribution in [0.1, 0.15) is 30.6 Å². The summed E-state index contributed by atoms with van der Waals surface area (Å²) in [6.45, 7) is 1.84. The molecule has 1 N–H and O–H groups in total. The van der Waals surface area contributed by atoms with Crippen molar-refractivity contribution in [2.24, 2.45) is 5.92 Å². The lowest BCUT2D eigenvalue weighted by molar-refractivity contribution is -0.120. The van der Waals surface area contributed by atoms with E-state index in [4.69, 9.17) is 0 Å². The number of nitrogens with zero attached hydrogens (tertiary/aromatic N) is 4. The van der Waals surface area contributed by atoms with Gasteiger partial charge in [-0.1, -0.05) is 60.7 Å². The molecule has 36 heavy (non-hydrogen) atoms. The van der Waals surface area contributed by atoms with Gasteiger partial charge < -0.3 is 5.11 Å². The van der Waals surface area contributed by atoms with Crippen LogP contribution in [0.15, 0.2) is 90.0 Å². The van der Waals surface area contributed by atoms with Crippen LogP contribution >= 0.6 is 0 Å². The number of para-hydroxylation sites is 2. The second-order valence-corrected chi connectivity index (χ2v) is 10.2. The van der Waals surface area contributed by atoms with Gasteiger partial charge in [-0.05, 0) is 43.5 Å². The third kappa shape index (κ3) is 2.84. The number of carbonyl (C=O) groups is 1. The van der Waals surface area contributed by atoms with E-state index in [1.165, 1.54) is 0 Å². The van der Waals surface area contributed by atoms with Crippen LogP contribution < -0.4 is 10.5 Å². The maximum absolute atomic E-state index is 14.1. The monoisotopic (exact) mass is 478 g/mol. The molecule has 1 amide bonds. The Labute approximate surface area is 208 Å². The van der Waals surface area contributed by atoms with Crippen molar-refractivity contribution < 1.29 is 9.90 Å². The van der Waals surface area contributed by atoms with Crippen molar-refractivity contribution in [2.75, 3.05) is 4.90 Å². The second-order valence-electron chi connectivity index (χ2n) is 10.2. The molecule has 3 aliphatic rings. The Bertz CT molecular complexity index is 1560. The summed E-state index contributed by atoms with van der Waals surface area (Å²) in [7, 11) is 0. The summed E-state index contributed by atoms with van der Waals surface area (Å²) in [6.07, 6.45) is 1.89. The molecule has 0 unspecified atom stereocenters. The molecular formula is C29H26N4O3. The first-order chi connectivity index (χ1) is 17.5. The first kappa shape index (κ1) is 21.5. The largest absolute Gasteiger partial charge is 0.385 e. The summed E-state index contributed by atoms with van der Waals surface area (Å²) >= 11 is 0. The van der Waals surface area contributed by atoms with Crippen molar-refractivity contribution in [3.05, 3.63) is 107 Å². The standard InChI is InChI=1S/C29H26N4O3/c1-29(36)20-12-6-8-14-23(20)33-26-21(29)16-25(31-17-30-22-13-7-5-11-19(22)27(31)34)32(26)24(28(33)35)15-18-9-3-2-4-10-18/h2-14,17,21,24-26,36H,15-16H2,1H3/t21-,24+,25+,26-,29+/m1/s1. The highest BCUT2D eigenvalue weighted by Crippen LogP contribution is 2.57. The Kier molecular flexibility index (Phi) is 4.53. The first-order valence-electron chi connectivity index (χ1n) is 12.4. The minimum Gasteiger partial charge on any atom is -0.385 e. The average Bonchev–Trinajstić information content (AvgIpc) is 3.41. The predicted molar refractivity (Wildman–Crippen MR) is 136 cm³/mol. The van der Waals surface area contributed by atoms with Crippen LogP contribution in [0, 0.1) is 5.92 Å². The lowest BCUT2D eigenvalue weighted by Gasteiger charge is -2.44. The Morgan fingerprint density at radius 3 is 2.53 bits per heavy atom. The number of aromatic nitrogens is 2. The van der Waals surface area contributed by atoms with E-state index in [9.17, 15) is 14.7 Å². The van der Waals surface area contributed by atoms with Crippen molar-refractivity contribution >= 4 is 22.5 Å². The number of hydrogen-bond acceptors (Lipinski definition) is 5. The molecule has 2 fully saturated rings. The number of benzene rings is 3. The van der Waals surface area contributed by atoms with E-state index < -0.39 is 17.8 Å². The molecule has 3 aromatic carbocycles. The molecule has 7 rings (SSSR count). The Morgan fingerprint density at radius 1 is 0.972 bits per heavy atom. The van der Waals surface area contributed by atoms with E-state index in [0.29, 0.717) is 23.7 Å². The highest BCUT2D eigenvalue weighted by atomic mass is 16.3. The molecule has 3 aliphatic heterocycles. The van der Waals surface area contributed by atoms with Gasteiger partial charge in [-0.2, -0.15) is 0 Å². The van der Waals surface area contributed by atoms with Crippen LogP contribution in [-0.4, -0.2) is 37.7 Å². The SMILES string of the molecule is C[C@]1(O)c2ccccc2N2C(=O)[C@H](Cc3ccccc3)N3[C@H](n4cnc5ccccc5c4=O)C[C@@H]1[C@@H]23. The summed E-state index contributed by atoms with van der Waals surface area (Å²) in [4.78, 5) is 36.3. The molecule has 0 saturated carbocycles. The normalized spacial score (nSPS) is 28.9. The number of anilines is 1. The zero-order chi connectivity index (χ0) is 24.6. The van der Waals surface area contributed by atoms with Gasteiger partial charge in [0.05, 0.1) is 46.9 Å². The van der Waals surface area contributed by atoms with Gasteiger partial charge in [0.25, 0.3) is 5.56 Å². The summed E-state index contributed by atoms with van der Waals surface area (Å²) in [6, 6.07) is 24.5. The fourth-order valence-electron chi connectivity index (χ4n) is 6.65. The number of fused-ring (bicyclic) bond motifs is 3. The van der Waals surface area contributed by atoms with Crippen molar-refractivity contribution in [1.29, 1.82) is 0 Å². The van der Waals surface area contributed by atoms with E-state index in [1.807, 2.05) is 84.6 Å². The minimum absolute atomic E-state index is 0.00306. The van der Waals surface area contributed by atoms with Gasteiger partial charge in [0.1, 0.15) is 0 Å². The Balaban J connectivity index is 1.42. The number of rotatable bonds is 3. The number of amides is 1. The average molecular weight is 479 g/mol. The zero-order valence-corrected chi connectivity index (χ0v) is 19.9. The smallest absolute Gasteiger partial charge is 0.262 e. The van der Waals surface area contributed by atoms with Crippen LogP contribution in [0.2, 0.25) is 0 Å². The molecule has 4 aromatic rings. The topological polar surface area (TPSA) is 78.7 Å². The fourth-order valence-corrected chi connectivity index (χ4v) is 6.65. The summed E-state index contributed by atoms with van der Waals surface area (Å²) < 4.78 is 1.66. The molecule has 7 heteroatoms. The number of aliphatic hydroxyl groups is 1. The van der Waals surface area contributed by atoms with Crippen molar-refractivity contribution in [2.45, 2.75) is 43.7 Å². The highest BCUT2D eigenvalue weighted by Gasteiger charge is 2.64. The quantitative estimate of drug-likeness (QED) is 0.488. The number of carbonyl (C=O) groups excluding carboxylic acids is 1. The maximum Gasteiger partial charge on any atom is 0.262 e. The fraction of sp³-hybridized carbons (Fsp3) is 0.276. The molecule has 180 valence electrons. The van der Waals surface area contributed by atoms with Crippen LogP contribution in [-0.2, 0) is 16.8 Å². The molecule has 0 radical (unpaired) electrons. The molecule has 0 spiro atoms. The molecular weight excluding hydrogens is 452 g/mol. The van der Waals surface area contributed by atoms with Crippen LogP contribution in [0.4, 0.5) is 5.69 Å². The molecule has 7 nitrogen and oxygen atoms in total. The van der Waals surface area contributed by atoms with E-state index in [1.54, 1.807) is 17.0 Å². The van der Waals surface area contributed by atoms with Gasteiger partial charge in [0.15, 0.2) is 0 Å². The van der Waals surface area contributed by atoms with Gasteiger partial charge in [0, 0.05) is 11.5 Å². The second kappa shape index (κ2) is 7.59. The molecule has 0 aliphatic carbocycles. The molecule has 0 bridgehead atoms. The molecule has 5 atom stereocenters. The van der Waals surface area contributed by atoms with E-state index in [0.717, 1.165) is 16.8 Å². The van der Waals surface area contributed by atoms with Crippen LogP contribution in [0.3, 0.4) is 0 Å². The van der Waals surface area contributed by atoms with Gasteiger partial charge >= 0.3 is 0 Å². The van der Waals surface area contributed by atoms with Crippen LogP contribution in [0.5, 0.6) is 0 Å². The van der Waals surface area contributed by atoms with E-state index >= 15 is 0 Å². The molecule has 2 saturated heterocycles. The predicted octanol–water partition coefficient (Wildman–Crippen LogP) is 3.42. The van der Waals surface area contributed by atoms with E-state index in [-0.39, 0.29) is 23.6 Å². The lowest BCUT2D eigenvalue weighted by atomic mass is 9.76.